The largest absolute Gasteiger partial charge is 0.309 e. The molecule has 0 fully saturated rings. The average molecular weight is 804 g/mol. The highest BCUT2D eigenvalue weighted by molar-refractivity contribution is 6.01. The van der Waals surface area contributed by atoms with Crippen molar-refractivity contribution in [3.05, 3.63) is 221 Å². The molecule has 0 spiro atoms. The average Bonchev–Trinajstić information content (AvgIpc) is 3.68. The zero-order valence-corrected chi connectivity index (χ0v) is 37.8. The fourth-order valence-corrected chi connectivity index (χ4v) is 10.7. The van der Waals surface area contributed by atoms with Crippen molar-refractivity contribution in [2.45, 2.75) is 84.0 Å². The number of fused-ring (bicyclic) bond motifs is 6. The van der Waals surface area contributed by atoms with Crippen molar-refractivity contribution in [2.24, 2.45) is 0 Å². The van der Waals surface area contributed by atoms with Crippen LogP contribution in [0.2, 0.25) is 0 Å². The van der Waals surface area contributed by atoms with E-state index in [1.807, 2.05) is 0 Å². The Labute approximate surface area is 369 Å². The molecule has 2 aliphatic rings. The molecule has 306 valence electrons. The summed E-state index contributed by atoms with van der Waals surface area (Å²) in [5, 5.41) is 0. The van der Waals surface area contributed by atoms with Crippen molar-refractivity contribution in [3.8, 4) is 44.5 Å². The van der Waals surface area contributed by atoms with Gasteiger partial charge in [0.1, 0.15) is 0 Å². The molecular formula is C61H57N. The molecule has 0 N–H and O–H groups in total. The van der Waals surface area contributed by atoms with Crippen LogP contribution in [0.1, 0.15) is 101 Å². The zero-order chi connectivity index (χ0) is 43.2. The number of hydrogen-bond acceptors (Lipinski definition) is 1. The third-order valence-electron chi connectivity index (χ3n) is 14.0. The molecule has 0 saturated carbocycles. The molecule has 62 heavy (non-hydrogen) atoms. The third kappa shape index (κ3) is 6.11. The van der Waals surface area contributed by atoms with Gasteiger partial charge in [0.15, 0.2) is 0 Å². The Hall–Kier alpha value is -6.44. The highest BCUT2D eigenvalue weighted by Crippen LogP contribution is 2.58. The summed E-state index contributed by atoms with van der Waals surface area (Å²) in [6.07, 6.45) is 0. The van der Waals surface area contributed by atoms with Gasteiger partial charge >= 0.3 is 0 Å². The van der Waals surface area contributed by atoms with Gasteiger partial charge in [-0.15, -0.1) is 0 Å². The lowest BCUT2D eigenvalue weighted by molar-refractivity contribution is 0.564. The van der Waals surface area contributed by atoms with Crippen LogP contribution in [0.3, 0.4) is 0 Å². The highest BCUT2D eigenvalue weighted by atomic mass is 15.1. The first-order valence-electron chi connectivity index (χ1n) is 22.4. The second kappa shape index (κ2) is 14.3. The maximum absolute atomic E-state index is 2.54. The smallest absolute Gasteiger partial charge is 0.0540 e. The van der Waals surface area contributed by atoms with E-state index < -0.39 is 0 Å². The fourth-order valence-electron chi connectivity index (χ4n) is 10.7. The summed E-state index contributed by atoms with van der Waals surface area (Å²) in [4.78, 5) is 2.54. The number of rotatable bonds is 6. The van der Waals surface area contributed by atoms with Crippen LogP contribution in [0.25, 0.3) is 44.5 Å². The zero-order valence-electron chi connectivity index (χ0n) is 37.8. The number of para-hydroxylation sites is 2. The molecule has 1 nitrogen and oxygen atoms in total. The van der Waals surface area contributed by atoms with E-state index in [-0.39, 0.29) is 21.7 Å². The summed E-state index contributed by atoms with van der Waals surface area (Å²) >= 11 is 0. The van der Waals surface area contributed by atoms with Gasteiger partial charge in [-0.2, -0.15) is 0 Å². The maximum Gasteiger partial charge on any atom is 0.0540 e. The molecule has 0 heterocycles. The Morgan fingerprint density at radius 3 is 1.61 bits per heavy atom. The van der Waals surface area contributed by atoms with Gasteiger partial charge in [-0.3, -0.25) is 0 Å². The van der Waals surface area contributed by atoms with Crippen molar-refractivity contribution in [3.63, 3.8) is 0 Å². The Kier molecular flexibility index (Phi) is 9.16. The van der Waals surface area contributed by atoms with Gasteiger partial charge in [0, 0.05) is 27.6 Å². The van der Waals surface area contributed by atoms with Crippen molar-refractivity contribution >= 4 is 17.1 Å². The second-order valence-corrected chi connectivity index (χ2v) is 20.3. The Morgan fingerprint density at radius 1 is 0.387 bits per heavy atom. The predicted octanol–water partition coefficient (Wildman–Crippen LogP) is 16.7. The molecule has 1 heteroatoms. The first-order valence-corrected chi connectivity index (χ1v) is 22.4. The molecule has 8 aromatic carbocycles. The standard InChI is InChI=1S/C61H57N/c1-58(2,3)42-37-52(59(4,5)6)57-53(38-42)60(7,8)50-32-22-30-48(56(50)57)47-29-18-21-34-55(47)62(54-33-20-17-27-44(54)40-23-12-10-13-24-40)43-35-36-46-45-28-16-19-31-49(45)61(9,51(46)39-43)41-25-14-11-15-26-41/h10-39H,1-9H3. The summed E-state index contributed by atoms with van der Waals surface area (Å²) < 4.78 is 0. The molecule has 1 atom stereocenters. The Balaban J connectivity index is 1.26. The quantitative estimate of drug-likeness (QED) is 0.162. The lowest BCUT2D eigenvalue weighted by atomic mass is 9.74. The van der Waals surface area contributed by atoms with E-state index in [2.05, 4.69) is 249 Å². The van der Waals surface area contributed by atoms with Crippen molar-refractivity contribution in [1.29, 1.82) is 0 Å². The van der Waals surface area contributed by atoms with Crippen LogP contribution < -0.4 is 4.90 Å². The number of hydrogen-bond donors (Lipinski definition) is 0. The minimum Gasteiger partial charge on any atom is -0.309 e. The SMILES string of the molecule is CC(C)(C)c1cc(C(C)(C)C)c2c(c1)C(C)(C)c1cccc(-c3ccccc3N(c3ccc4c(c3)C(C)(c3ccccc3)c3ccccc3-4)c3ccccc3-c3ccccc3)c1-2. The monoisotopic (exact) mass is 803 g/mol. The molecule has 0 aromatic heterocycles. The molecule has 10 rings (SSSR count). The van der Waals surface area contributed by atoms with E-state index in [0.717, 1.165) is 17.1 Å². The summed E-state index contributed by atoms with van der Waals surface area (Å²) in [6.45, 7) is 21.5. The van der Waals surface area contributed by atoms with Crippen LogP contribution in [0, 0.1) is 0 Å². The van der Waals surface area contributed by atoms with Crippen LogP contribution in [-0.4, -0.2) is 0 Å². The van der Waals surface area contributed by atoms with E-state index in [4.69, 9.17) is 0 Å². The lowest BCUT2D eigenvalue weighted by Crippen LogP contribution is -2.23. The van der Waals surface area contributed by atoms with Gasteiger partial charge < -0.3 is 4.90 Å². The van der Waals surface area contributed by atoms with E-state index in [1.54, 1.807) is 0 Å². The first kappa shape index (κ1) is 39.7. The van der Waals surface area contributed by atoms with E-state index in [0.29, 0.717) is 0 Å². The van der Waals surface area contributed by atoms with Crippen LogP contribution in [-0.2, 0) is 21.7 Å². The Bertz CT molecular complexity index is 3010. The van der Waals surface area contributed by atoms with Gasteiger partial charge in [-0.1, -0.05) is 213 Å². The minimum absolute atomic E-state index is 0.0236. The van der Waals surface area contributed by atoms with Gasteiger partial charge in [-0.25, -0.2) is 0 Å². The third-order valence-corrected chi connectivity index (χ3v) is 14.0. The van der Waals surface area contributed by atoms with Crippen LogP contribution in [0.5, 0.6) is 0 Å². The minimum atomic E-state index is -0.335. The topological polar surface area (TPSA) is 3.24 Å². The summed E-state index contributed by atoms with van der Waals surface area (Å²) in [5.41, 5.74) is 22.7. The fraction of sp³-hybridized carbons (Fsp3) is 0.213. The van der Waals surface area contributed by atoms with E-state index >= 15 is 0 Å². The summed E-state index contributed by atoms with van der Waals surface area (Å²) in [7, 11) is 0. The molecule has 0 radical (unpaired) electrons. The molecule has 0 saturated heterocycles. The Morgan fingerprint density at radius 2 is 0.935 bits per heavy atom. The number of benzene rings is 8. The first-order chi connectivity index (χ1) is 29.7. The lowest BCUT2D eigenvalue weighted by Gasteiger charge is -2.33. The number of anilines is 3. The van der Waals surface area contributed by atoms with Crippen molar-refractivity contribution in [2.75, 3.05) is 4.90 Å². The van der Waals surface area contributed by atoms with Gasteiger partial charge in [0.25, 0.3) is 0 Å². The molecule has 0 bridgehead atoms. The van der Waals surface area contributed by atoms with E-state index in [1.165, 1.54) is 83.5 Å². The molecule has 2 aliphatic carbocycles. The normalized spacial score (nSPS) is 16.0. The van der Waals surface area contributed by atoms with E-state index in [9.17, 15) is 0 Å². The van der Waals surface area contributed by atoms with Crippen LogP contribution in [0.15, 0.2) is 182 Å². The van der Waals surface area contributed by atoms with Gasteiger partial charge in [-0.05, 0) is 114 Å². The maximum atomic E-state index is 2.54. The van der Waals surface area contributed by atoms with Crippen LogP contribution >= 0.6 is 0 Å². The van der Waals surface area contributed by atoms with Gasteiger partial charge in [0.2, 0.25) is 0 Å². The molecule has 0 aliphatic heterocycles. The van der Waals surface area contributed by atoms with Crippen molar-refractivity contribution < 1.29 is 0 Å². The highest BCUT2D eigenvalue weighted by Gasteiger charge is 2.43. The molecule has 0 amide bonds. The van der Waals surface area contributed by atoms with Crippen molar-refractivity contribution in [1.82, 2.24) is 0 Å². The summed E-state index contributed by atoms with van der Waals surface area (Å²) in [6, 6.07) is 68.3. The number of nitrogens with zero attached hydrogens (tertiary/aromatic N) is 1. The summed E-state index contributed by atoms with van der Waals surface area (Å²) in [5.74, 6) is 0. The second-order valence-electron chi connectivity index (χ2n) is 20.3. The van der Waals surface area contributed by atoms with Gasteiger partial charge in [0.05, 0.1) is 11.4 Å². The molecule has 8 aromatic rings. The van der Waals surface area contributed by atoms with Crippen LogP contribution in [0.4, 0.5) is 17.1 Å². The molecular weight excluding hydrogens is 747 g/mol. The molecule has 1 unspecified atom stereocenters. The predicted molar refractivity (Wildman–Crippen MR) is 264 cm³/mol.